The standard InChI is InChI=1S/C17H13BrN6O/c18-11-4-5-15(20-10-11)24-16(7-9-21-24)23-17(25)22-14-3-1-2-13-12(14)6-8-19-13/h1-10,19H,(H2,22,23,25). The molecule has 8 heteroatoms. The minimum Gasteiger partial charge on any atom is -0.361 e. The largest absolute Gasteiger partial charge is 0.361 e. The van der Waals surface area contributed by atoms with Crippen LogP contribution in [0.4, 0.5) is 16.3 Å². The lowest BCUT2D eigenvalue weighted by Gasteiger charge is -2.10. The SMILES string of the molecule is O=C(Nc1cccc2[nH]ccc12)Nc1ccnn1-c1ccc(Br)cn1. The maximum Gasteiger partial charge on any atom is 0.324 e. The number of anilines is 2. The number of urea groups is 1. The van der Waals surface area contributed by atoms with Crippen molar-refractivity contribution in [1.82, 2.24) is 19.7 Å². The predicted molar refractivity (Wildman–Crippen MR) is 100.0 cm³/mol. The second kappa shape index (κ2) is 6.40. The summed E-state index contributed by atoms with van der Waals surface area (Å²) in [7, 11) is 0. The summed E-state index contributed by atoms with van der Waals surface area (Å²) in [4.78, 5) is 19.8. The normalized spacial score (nSPS) is 10.8. The number of H-pyrrole nitrogens is 1. The molecule has 2 amide bonds. The number of hydrogen-bond donors (Lipinski definition) is 3. The van der Waals surface area contributed by atoms with Crippen molar-refractivity contribution in [3.8, 4) is 5.82 Å². The van der Waals surface area contributed by atoms with Gasteiger partial charge in [-0.05, 0) is 46.3 Å². The zero-order valence-electron chi connectivity index (χ0n) is 12.9. The highest BCUT2D eigenvalue weighted by Gasteiger charge is 2.11. The second-order valence-corrected chi connectivity index (χ2v) is 6.20. The third kappa shape index (κ3) is 3.11. The number of halogens is 1. The Morgan fingerprint density at radius 3 is 2.88 bits per heavy atom. The zero-order chi connectivity index (χ0) is 17.2. The van der Waals surface area contributed by atoms with Crippen LogP contribution in [0.15, 0.2) is 65.5 Å². The van der Waals surface area contributed by atoms with Gasteiger partial charge in [0.1, 0.15) is 5.82 Å². The average molecular weight is 397 g/mol. The molecule has 0 bridgehead atoms. The van der Waals surface area contributed by atoms with Crippen molar-refractivity contribution in [2.45, 2.75) is 0 Å². The lowest BCUT2D eigenvalue weighted by atomic mass is 10.2. The molecule has 0 saturated carbocycles. The number of nitrogens with one attached hydrogen (secondary N) is 3. The van der Waals surface area contributed by atoms with E-state index in [-0.39, 0.29) is 6.03 Å². The molecule has 3 N–H and O–H groups in total. The van der Waals surface area contributed by atoms with E-state index in [0.717, 1.165) is 21.1 Å². The van der Waals surface area contributed by atoms with Crippen molar-refractivity contribution >= 4 is 44.4 Å². The number of nitrogens with zero attached hydrogens (tertiary/aromatic N) is 3. The summed E-state index contributed by atoms with van der Waals surface area (Å²) < 4.78 is 2.43. The number of amides is 2. The molecule has 0 unspecified atom stereocenters. The van der Waals surface area contributed by atoms with E-state index in [1.807, 2.05) is 36.5 Å². The molecular weight excluding hydrogens is 384 g/mol. The first kappa shape index (κ1) is 15.4. The lowest BCUT2D eigenvalue weighted by molar-refractivity contribution is 0.262. The van der Waals surface area contributed by atoms with E-state index in [1.54, 1.807) is 29.2 Å². The van der Waals surface area contributed by atoms with Crippen LogP contribution in [0.5, 0.6) is 0 Å². The van der Waals surface area contributed by atoms with Crippen molar-refractivity contribution in [3.63, 3.8) is 0 Å². The monoisotopic (exact) mass is 396 g/mol. The van der Waals surface area contributed by atoms with Crippen LogP contribution in [0.1, 0.15) is 0 Å². The third-order valence-electron chi connectivity index (χ3n) is 3.66. The van der Waals surface area contributed by atoms with E-state index in [2.05, 4.69) is 41.6 Å². The molecule has 7 nitrogen and oxygen atoms in total. The van der Waals surface area contributed by atoms with Gasteiger partial charge in [-0.25, -0.2) is 9.78 Å². The lowest BCUT2D eigenvalue weighted by Crippen LogP contribution is -2.21. The minimum absolute atomic E-state index is 0.354. The van der Waals surface area contributed by atoms with Gasteiger partial charge in [-0.1, -0.05) is 6.07 Å². The van der Waals surface area contributed by atoms with Crippen LogP contribution >= 0.6 is 15.9 Å². The smallest absolute Gasteiger partial charge is 0.324 e. The first-order valence-electron chi connectivity index (χ1n) is 7.51. The molecule has 4 rings (SSSR count). The van der Waals surface area contributed by atoms with E-state index in [9.17, 15) is 4.79 Å². The van der Waals surface area contributed by atoms with Crippen molar-refractivity contribution in [2.75, 3.05) is 10.6 Å². The number of hydrogen-bond acceptors (Lipinski definition) is 3. The Bertz CT molecular complexity index is 1040. The number of rotatable bonds is 3. The average Bonchev–Trinajstić information content (AvgIpc) is 3.25. The molecule has 0 aliphatic rings. The van der Waals surface area contributed by atoms with Crippen LogP contribution in [0.2, 0.25) is 0 Å². The number of fused-ring (bicyclic) bond motifs is 1. The first-order chi connectivity index (χ1) is 12.2. The van der Waals surface area contributed by atoms with Gasteiger partial charge < -0.3 is 10.3 Å². The van der Waals surface area contributed by atoms with Crippen LogP contribution in [0.25, 0.3) is 16.7 Å². The molecular formula is C17H13BrN6O. The number of pyridine rings is 1. The van der Waals surface area contributed by atoms with Crippen molar-refractivity contribution in [1.29, 1.82) is 0 Å². The van der Waals surface area contributed by atoms with Crippen LogP contribution in [-0.2, 0) is 0 Å². The zero-order valence-corrected chi connectivity index (χ0v) is 14.5. The molecule has 0 fully saturated rings. The van der Waals surface area contributed by atoms with E-state index < -0.39 is 0 Å². The summed E-state index contributed by atoms with van der Waals surface area (Å²) >= 11 is 3.35. The maximum atomic E-state index is 12.4. The Hall–Kier alpha value is -3.13. The molecule has 3 aromatic heterocycles. The predicted octanol–water partition coefficient (Wildman–Crippen LogP) is 4.16. The van der Waals surface area contributed by atoms with Crippen molar-refractivity contribution in [3.05, 3.63) is 65.5 Å². The van der Waals surface area contributed by atoms with Crippen LogP contribution in [0.3, 0.4) is 0 Å². The molecule has 0 radical (unpaired) electrons. The summed E-state index contributed by atoms with van der Waals surface area (Å²) in [6.07, 6.45) is 5.11. The minimum atomic E-state index is -0.354. The first-order valence-corrected chi connectivity index (χ1v) is 8.30. The molecule has 0 spiro atoms. The quantitative estimate of drug-likeness (QED) is 0.485. The Morgan fingerprint density at radius 2 is 2.04 bits per heavy atom. The molecule has 124 valence electrons. The fourth-order valence-corrected chi connectivity index (χ4v) is 2.77. The Balaban J connectivity index is 1.55. The number of carbonyl (C=O) groups is 1. The van der Waals surface area contributed by atoms with Gasteiger partial charge in [0, 0.05) is 33.8 Å². The number of carbonyl (C=O) groups excluding carboxylic acids is 1. The number of aromatic nitrogens is 4. The fourth-order valence-electron chi connectivity index (χ4n) is 2.54. The molecule has 0 saturated heterocycles. The topological polar surface area (TPSA) is 87.6 Å². The fraction of sp³-hybridized carbons (Fsp3) is 0. The molecule has 0 aliphatic carbocycles. The highest BCUT2D eigenvalue weighted by Crippen LogP contribution is 2.22. The third-order valence-corrected chi connectivity index (χ3v) is 4.13. The molecule has 0 atom stereocenters. The Labute approximate surface area is 151 Å². The van der Waals surface area contributed by atoms with Gasteiger partial charge in [-0.3, -0.25) is 5.32 Å². The highest BCUT2D eigenvalue weighted by molar-refractivity contribution is 9.10. The summed E-state index contributed by atoms with van der Waals surface area (Å²) in [6.45, 7) is 0. The van der Waals surface area contributed by atoms with E-state index in [0.29, 0.717) is 11.6 Å². The van der Waals surface area contributed by atoms with E-state index >= 15 is 0 Å². The summed E-state index contributed by atoms with van der Waals surface area (Å²) in [5.41, 5.74) is 1.69. The Kier molecular flexibility index (Phi) is 3.95. The second-order valence-electron chi connectivity index (χ2n) is 5.29. The molecule has 25 heavy (non-hydrogen) atoms. The van der Waals surface area contributed by atoms with Gasteiger partial charge in [0.2, 0.25) is 0 Å². The van der Waals surface area contributed by atoms with Crippen molar-refractivity contribution < 1.29 is 4.79 Å². The Morgan fingerprint density at radius 1 is 1.12 bits per heavy atom. The molecule has 0 aliphatic heterocycles. The maximum absolute atomic E-state index is 12.4. The molecule has 3 heterocycles. The van der Waals surface area contributed by atoms with Gasteiger partial charge in [0.15, 0.2) is 5.82 Å². The van der Waals surface area contributed by atoms with Crippen LogP contribution < -0.4 is 10.6 Å². The van der Waals surface area contributed by atoms with Gasteiger partial charge in [0.05, 0.1) is 11.9 Å². The van der Waals surface area contributed by atoms with Gasteiger partial charge in [-0.2, -0.15) is 9.78 Å². The summed E-state index contributed by atoms with van der Waals surface area (Å²) in [5.74, 6) is 1.13. The van der Waals surface area contributed by atoms with E-state index in [1.165, 1.54) is 0 Å². The molecule has 4 aromatic rings. The van der Waals surface area contributed by atoms with Gasteiger partial charge >= 0.3 is 6.03 Å². The molecule has 1 aromatic carbocycles. The van der Waals surface area contributed by atoms with Gasteiger partial charge in [-0.15, -0.1) is 0 Å². The van der Waals surface area contributed by atoms with Gasteiger partial charge in [0.25, 0.3) is 0 Å². The summed E-state index contributed by atoms with van der Waals surface area (Å²) in [6, 6.07) is 12.6. The van der Waals surface area contributed by atoms with Crippen molar-refractivity contribution in [2.24, 2.45) is 0 Å². The number of aromatic amines is 1. The highest BCUT2D eigenvalue weighted by atomic mass is 79.9. The number of benzene rings is 1. The van der Waals surface area contributed by atoms with Crippen LogP contribution in [0, 0.1) is 0 Å². The summed E-state index contributed by atoms with van der Waals surface area (Å²) in [5, 5.41) is 10.8. The van der Waals surface area contributed by atoms with Crippen LogP contribution in [-0.4, -0.2) is 25.8 Å². The van der Waals surface area contributed by atoms with E-state index in [4.69, 9.17) is 0 Å².